The first-order valence-corrected chi connectivity index (χ1v) is 6.30. The molecule has 2 aliphatic rings. The van der Waals surface area contributed by atoms with Gasteiger partial charge in [0.1, 0.15) is 0 Å². The highest BCUT2D eigenvalue weighted by atomic mass is 16.5. The van der Waals surface area contributed by atoms with Crippen molar-refractivity contribution in [2.45, 2.75) is 44.2 Å². The molecule has 1 saturated carbocycles. The first-order chi connectivity index (χ1) is 8.41. The van der Waals surface area contributed by atoms with Crippen LogP contribution in [0.15, 0.2) is 0 Å². The lowest BCUT2D eigenvalue weighted by Gasteiger charge is -2.32. The monoisotopic (exact) mass is 256 g/mol. The molecule has 1 heterocycles. The molecule has 1 aliphatic heterocycles. The van der Waals surface area contributed by atoms with Crippen molar-refractivity contribution >= 4 is 11.9 Å². The van der Waals surface area contributed by atoms with Crippen LogP contribution in [0.4, 0.5) is 0 Å². The van der Waals surface area contributed by atoms with Crippen molar-refractivity contribution < 1.29 is 19.4 Å². The normalized spacial score (nSPS) is 39.8. The van der Waals surface area contributed by atoms with Gasteiger partial charge in [-0.1, -0.05) is 6.42 Å². The molecule has 3 atom stereocenters. The minimum Gasteiger partial charge on any atom is -0.479 e. The molecule has 3 unspecified atom stereocenters. The summed E-state index contributed by atoms with van der Waals surface area (Å²) in [6.07, 6.45) is 2.72. The van der Waals surface area contributed by atoms with Crippen LogP contribution in [0.5, 0.6) is 0 Å². The van der Waals surface area contributed by atoms with Gasteiger partial charge in [0, 0.05) is 19.1 Å². The zero-order valence-electron chi connectivity index (χ0n) is 10.6. The fourth-order valence-corrected chi connectivity index (χ4v) is 2.72. The number of rotatable bonds is 3. The lowest BCUT2D eigenvalue weighted by molar-refractivity contribution is -0.149. The van der Waals surface area contributed by atoms with Crippen LogP contribution >= 0.6 is 0 Å². The molecule has 18 heavy (non-hydrogen) atoms. The minimum atomic E-state index is -1.28. The van der Waals surface area contributed by atoms with Gasteiger partial charge >= 0.3 is 5.97 Å². The predicted molar refractivity (Wildman–Crippen MR) is 63.9 cm³/mol. The van der Waals surface area contributed by atoms with E-state index < -0.39 is 16.9 Å². The molecule has 2 rings (SSSR count). The Hall–Kier alpha value is -1.14. The van der Waals surface area contributed by atoms with Gasteiger partial charge in [-0.3, -0.25) is 4.79 Å². The summed E-state index contributed by atoms with van der Waals surface area (Å²) in [5, 5.41) is 11.9. The molecule has 0 aromatic rings. The van der Waals surface area contributed by atoms with E-state index >= 15 is 0 Å². The Kier molecular flexibility index (Phi) is 3.33. The first kappa shape index (κ1) is 13.3. The molecular weight excluding hydrogens is 236 g/mol. The van der Waals surface area contributed by atoms with Crippen LogP contribution in [-0.2, 0) is 14.3 Å². The summed E-state index contributed by atoms with van der Waals surface area (Å²) in [6, 6.07) is -0.203. The molecule has 1 aliphatic carbocycles. The molecule has 0 aromatic heterocycles. The number of aliphatic carboxylic acids is 1. The third kappa shape index (κ3) is 1.99. The number of amides is 1. The number of nitrogens with one attached hydrogen (secondary N) is 1. The summed E-state index contributed by atoms with van der Waals surface area (Å²) < 4.78 is 5.12. The number of carbonyl (C=O) groups excluding carboxylic acids is 1. The maximum atomic E-state index is 12.3. The standard InChI is InChI=1S/C12H20N2O4/c1-11(4-2-3-8(11)13)9(15)14-12(10(16)17)5-6-18-7-12/h8H,2-7,13H2,1H3,(H,14,15)(H,16,17). The molecular formula is C12H20N2O4. The quantitative estimate of drug-likeness (QED) is 0.652. The zero-order valence-corrected chi connectivity index (χ0v) is 10.6. The Morgan fingerprint density at radius 3 is 2.61 bits per heavy atom. The number of hydrogen-bond donors (Lipinski definition) is 3. The SMILES string of the molecule is CC1(C(=O)NC2(C(=O)O)CCOC2)CCCC1N. The molecule has 1 amide bonds. The Morgan fingerprint density at radius 1 is 1.44 bits per heavy atom. The van der Waals surface area contributed by atoms with Gasteiger partial charge in [0.15, 0.2) is 5.54 Å². The second-order valence-electron chi connectivity index (χ2n) is 5.56. The molecule has 102 valence electrons. The molecule has 6 heteroatoms. The Morgan fingerprint density at radius 2 is 2.17 bits per heavy atom. The summed E-state index contributed by atoms with van der Waals surface area (Å²) in [5.41, 5.74) is 4.03. The smallest absolute Gasteiger partial charge is 0.331 e. The van der Waals surface area contributed by atoms with Crippen molar-refractivity contribution in [3.05, 3.63) is 0 Å². The van der Waals surface area contributed by atoms with E-state index in [2.05, 4.69) is 5.32 Å². The van der Waals surface area contributed by atoms with Crippen LogP contribution < -0.4 is 11.1 Å². The van der Waals surface area contributed by atoms with Gasteiger partial charge < -0.3 is 20.9 Å². The van der Waals surface area contributed by atoms with Gasteiger partial charge in [-0.2, -0.15) is 0 Å². The number of ether oxygens (including phenoxy) is 1. The van der Waals surface area contributed by atoms with E-state index in [0.717, 1.165) is 12.8 Å². The van der Waals surface area contributed by atoms with Crippen LogP contribution in [0.2, 0.25) is 0 Å². The van der Waals surface area contributed by atoms with Crippen LogP contribution in [-0.4, -0.2) is 41.8 Å². The summed E-state index contributed by atoms with van der Waals surface area (Å²) >= 11 is 0. The second-order valence-corrected chi connectivity index (χ2v) is 5.56. The van der Waals surface area contributed by atoms with Crippen molar-refractivity contribution in [2.75, 3.05) is 13.2 Å². The predicted octanol–water partition coefficient (Wildman–Crippen LogP) is -0.136. The number of carboxylic acids is 1. The molecule has 0 spiro atoms. The molecule has 4 N–H and O–H groups in total. The van der Waals surface area contributed by atoms with E-state index in [9.17, 15) is 14.7 Å². The van der Waals surface area contributed by atoms with Crippen molar-refractivity contribution in [1.29, 1.82) is 0 Å². The number of carbonyl (C=O) groups is 2. The highest BCUT2D eigenvalue weighted by Gasteiger charge is 2.49. The van der Waals surface area contributed by atoms with E-state index in [-0.39, 0.29) is 18.6 Å². The zero-order chi connectivity index (χ0) is 13.4. The average Bonchev–Trinajstić information content (AvgIpc) is 2.89. The fourth-order valence-electron chi connectivity index (χ4n) is 2.72. The third-order valence-electron chi connectivity index (χ3n) is 4.33. The van der Waals surface area contributed by atoms with Crippen molar-refractivity contribution in [2.24, 2.45) is 11.1 Å². The molecule has 0 bridgehead atoms. The lowest BCUT2D eigenvalue weighted by atomic mass is 9.83. The Labute approximate surface area is 106 Å². The lowest BCUT2D eigenvalue weighted by Crippen LogP contribution is -2.60. The largest absolute Gasteiger partial charge is 0.479 e. The van der Waals surface area contributed by atoms with Crippen LogP contribution in [0.25, 0.3) is 0 Å². The second kappa shape index (κ2) is 4.51. The topological polar surface area (TPSA) is 102 Å². The van der Waals surface area contributed by atoms with Gasteiger partial charge in [-0.05, 0) is 19.8 Å². The molecule has 2 fully saturated rings. The molecule has 0 radical (unpaired) electrons. The number of nitrogens with two attached hydrogens (primary N) is 1. The first-order valence-electron chi connectivity index (χ1n) is 6.30. The highest BCUT2D eigenvalue weighted by molar-refractivity contribution is 5.90. The van der Waals surface area contributed by atoms with Gasteiger partial charge in [0.25, 0.3) is 0 Å². The van der Waals surface area contributed by atoms with Crippen molar-refractivity contribution in [3.63, 3.8) is 0 Å². The average molecular weight is 256 g/mol. The summed E-state index contributed by atoms with van der Waals surface area (Å²) in [6.45, 7) is 2.19. The number of carboxylic acid groups (broad SMARTS) is 1. The van der Waals surface area contributed by atoms with E-state index in [1.165, 1.54) is 0 Å². The van der Waals surface area contributed by atoms with E-state index in [4.69, 9.17) is 10.5 Å². The molecule has 6 nitrogen and oxygen atoms in total. The Balaban J connectivity index is 2.13. The van der Waals surface area contributed by atoms with Gasteiger partial charge in [0.2, 0.25) is 5.91 Å². The number of hydrogen-bond acceptors (Lipinski definition) is 4. The van der Waals surface area contributed by atoms with Gasteiger partial charge in [-0.25, -0.2) is 4.79 Å². The van der Waals surface area contributed by atoms with Gasteiger partial charge in [-0.15, -0.1) is 0 Å². The van der Waals surface area contributed by atoms with Crippen molar-refractivity contribution in [1.82, 2.24) is 5.32 Å². The van der Waals surface area contributed by atoms with Crippen LogP contribution in [0.3, 0.4) is 0 Å². The molecule has 1 saturated heterocycles. The van der Waals surface area contributed by atoms with Crippen LogP contribution in [0, 0.1) is 5.41 Å². The summed E-state index contributed by atoms with van der Waals surface area (Å²) in [4.78, 5) is 23.7. The third-order valence-corrected chi connectivity index (χ3v) is 4.33. The van der Waals surface area contributed by atoms with E-state index in [0.29, 0.717) is 19.4 Å². The van der Waals surface area contributed by atoms with Gasteiger partial charge in [0.05, 0.1) is 12.0 Å². The maximum absolute atomic E-state index is 12.3. The van der Waals surface area contributed by atoms with Crippen LogP contribution in [0.1, 0.15) is 32.6 Å². The van der Waals surface area contributed by atoms with E-state index in [1.54, 1.807) is 0 Å². The maximum Gasteiger partial charge on any atom is 0.331 e. The van der Waals surface area contributed by atoms with E-state index in [1.807, 2.05) is 6.92 Å². The fraction of sp³-hybridized carbons (Fsp3) is 0.833. The minimum absolute atomic E-state index is 0.0272. The summed E-state index contributed by atoms with van der Waals surface area (Å²) in [7, 11) is 0. The molecule has 0 aromatic carbocycles. The highest BCUT2D eigenvalue weighted by Crippen LogP contribution is 2.37. The van der Waals surface area contributed by atoms with Crippen molar-refractivity contribution in [3.8, 4) is 0 Å². The summed E-state index contributed by atoms with van der Waals surface area (Å²) in [5.74, 6) is -1.30. The Bertz CT molecular complexity index is 365.